The molecule has 21 heavy (non-hydrogen) atoms. The molecule has 2 N–H and O–H groups in total. The van der Waals surface area contributed by atoms with Gasteiger partial charge in [-0.1, -0.05) is 25.1 Å². The second-order valence-electron chi connectivity index (χ2n) is 5.68. The summed E-state index contributed by atoms with van der Waals surface area (Å²) in [5.41, 5.74) is 1.08. The lowest BCUT2D eigenvalue weighted by Crippen LogP contribution is -2.50. The number of nitrogens with one attached hydrogen (secondary N) is 1. The first kappa shape index (κ1) is 15.5. The molecule has 0 aliphatic carbocycles. The van der Waals surface area contributed by atoms with E-state index in [0.717, 1.165) is 18.7 Å². The van der Waals surface area contributed by atoms with E-state index in [-0.39, 0.29) is 11.8 Å². The molecular weight excluding hydrogens is 268 g/mol. The Labute approximate surface area is 125 Å². The van der Waals surface area contributed by atoms with Gasteiger partial charge in [0.1, 0.15) is 0 Å². The fourth-order valence-electron chi connectivity index (χ4n) is 2.56. The summed E-state index contributed by atoms with van der Waals surface area (Å²) in [5, 5.41) is 12.3. The highest BCUT2D eigenvalue weighted by molar-refractivity contribution is 5.89. The molecule has 114 valence electrons. The van der Waals surface area contributed by atoms with Crippen molar-refractivity contribution in [3.8, 4) is 0 Å². The third-order valence-electron chi connectivity index (χ3n) is 4.25. The molecule has 1 saturated heterocycles. The van der Waals surface area contributed by atoms with Crippen molar-refractivity contribution in [2.75, 3.05) is 26.7 Å². The smallest absolute Gasteiger partial charge is 0.335 e. The van der Waals surface area contributed by atoms with Crippen LogP contribution in [0.3, 0.4) is 0 Å². The third kappa shape index (κ3) is 3.61. The molecule has 0 bridgehead atoms. The van der Waals surface area contributed by atoms with Crippen molar-refractivity contribution >= 4 is 11.9 Å². The maximum absolute atomic E-state index is 12.3. The molecule has 1 heterocycles. The van der Waals surface area contributed by atoms with E-state index in [1.165, 1.54) is 0 Å². The minimum atomic E-state index is -0.923. The lowest BCUT2D eigenvalue weighted by Gasteiger charge is -2.34. The normalized spacial score (nSPS) is 16.1. The topological polar surface area (TPSA) is 69.6 Å². The summed E-state index contributed by atoms with van der Waals surface area (Å²) in [7, 11) is 1.79. The minimum Gasteiger partial charge on any atom is -0.478 e. The van der Waals surface area contributed by atoms with Gasteiger partial charge in [0, 0.05) is 19.5 Å². The molecule has 1 unspecified atom stereocenters. The maximum atomic E-state index is 12.3. The van der Waals surface area contributed by atoms with Gasteiger partial charge >= 0.3 is 5.97 Å². The number of amides is 1. The van der Waals surface area contributed by atoms with Crippen LogP contribution < -0.4 is 5.32 Å². The quantitative estimate of drug-likeness (QED) is 0.827. The Morgan fingerprint density at radius 1 is 1.38 bits per heavy atom. The van der Waals surface area contributed by atoms with Gasteiger partial charge in [0.25, 0.3) is 0 Å². The molecular formula is C16H22N2O3. The molecule has 0 spiro atoms. The molecule has 5 heteroatoms. The van der Waals surface area contributed by atoms with Crippen molar-refractivity contribution in [2.45, 2.75) is 13.3 Å². The van der Waals surface area contributed by atoms with E-state index in [9.17, 15) is 9.59 Å². The van der Waals surface area contributed by atoms with Crippen LogP contribution in [0.4, 0.5) is 0 Å². The number of carbonyl (C=O) groups excluding carboxylic acids is 1. The first-order valence-electron chi connectivity index (χ1n) is 7.27. The monoisotopic (exact) mass is 290 g/mol. The Morgan fingerprint density at radius 2 is 2.05 bits per heavy atom. The number of aromatic carboxylic acids is 1. The number of carbonyl (C=O) groups is 2. The van der Waals surface area contributed by atoms with Gasteiger partial charge in [-0.15, -0.1) is 0 Å². The van der Waals surface area contributed by atoms with Crippen LogP contribution in [-0.4, -0.2) is 48.6 Å². The lowest BCUT2D eigenvalue weighted by atomic mass is 9.88. The van der Waals surface area contributed by atoms with E-state index >= 15 is 0 Å². The van der Waals surface area contributed by atoms with Crippen molar-refractivity contribution in [3.05, 3.63) is 35.4 Å². The van der Waals surface area contributed by atoms with Crippen molar-refractivity contribution in [3.63, 3.8) is 0 Å². The van der Waals surface area contributed by atoms with Crippen molar-refractivity contribution in [1.82, 2.24) is 10.2 Å². The van der Waals surface area contributed by atoms with E-state index in [1.807, 2.05) is 13.0 Å². The van der Waals surface area contributed by atoms with Crippen LogP contribution in [0.5, 0.6) is 0 Å². The summed E-state index contributed by atoms with van der Waals surface area (Å²) in [6, 6.07) is 6.95. The van der Waals surface area contributed by atoms with Gasteiger partial charge in [-0.3, -0.25) is 4.79 Å². The fraction of sp³-hybridized carbons (Fsp3) is 0.500. The average molecular weight is 290 g/mol. The minimum absolute atomic E-state index is 0.0194. The van der Waals surface area contributed by atoms with Crippen LogP contribution in [0.25, 0.3) is 0 Å². The standard InChI is InChI=1S/C16H22N2O3/c1-11(13-9-17-10-13)15(19)18(2)8-7-12-5-3-4-6-14(12)16(20)21/h3-6,11,13,17H,7-10H2,1-2H3,(H,20,21). The molecule has 1 aromatic rings. The van der Waals surface area contributed by atoms with Crippen LogP contribution in [0.15, 0.2) is 24.3 Å². The summed E-state index contributed by atoms with van der Waals surface area (Å²) in [6.07, 6.45) is 0.556. The zero-order chi connectivity index (χ0) is 15.4. The van der Waals surface area contributed by atoms with E-state index < -0.39 is 5.97 Å². The Hall–Kier alpha value is -1.88. The van der Waals surface area contributed by atoms with E-state index in [2.05, 4.69) is 5.32 Å². The predicted octanol–water partition coefficient (Wildman–Crippen LogP) is 1.24. The molecule has 0 radical (unpaired) electrons. The van der Waals surface area contributed by atoms with E-state index in [1.54, 1.807) is 30.1 Å². The average Bonchev–Trinajstić information content (AvgIpc) is 2.42. The Morgan fingerprint density at radius 3 is 2.62 bits per heavy atom. The molecule has 0 aromatic heterocycles. The molecule has 1 aliphatic rings. The number of carboxylic acids is 1. The number of carboxylic acid groups (broad SMARTS) is 1. The summed E-state index contributed by atoms with van der Waals surface area (Å²) >= 11 is 0. The number of hydrogen-bond donors (Lipinski definition) is 2. The molecule has 1 atom stereocenters. The van der Waals surface area contributed by atoms with Crippen molar-refractivity contribution in [1.29, 1.82) is 0 Å². The fourth-order valence-corrected chi connectivity index (χ4v) is 2.56. The van der Waals surface area contributed by atoms with Crippen LogP contribution in [0, 0.1) is 11.8 Å². The molecule has 2 rings (SSSR count). The largest absolute Gasteiger partial charge is 0.478 e. The van der Waals surface area contributed by atoms with E-state index in [4.69, 9.17) is 5.11 Å². The van der Waals surface area contributed by atoms with Gasteiger partial charge in [-0.25, -0.2) is 4.79 Å². The highest BCUT2D eigenvalue weighted by Crippen LogP contribution is 2.18. The summed E-state index contributed by atoms with van der Waals surface area (Å²) < 4.78 is 0. The number of benzene rings is 1. The van der Waals surface area contributed by atoms with Gasteiger partial charge < -0.3 is 15.3 Å². The highest BCUT2D eigenvalue weighted by atomic mass is 16.4. The summed E-state index contributed by atoms with van der Waals surface area (Å²) in [4.78, 5) is 25.2. The second-order valence-corrected chi connectivity index (χ2v) is 5.68. The van der Waals surface area contributed by atoms with E-state index in [0.29, 0.717) is 24.4 Å². The molecule has 0 saturated carbocycles. The van der Waals surface area contributed by atoms with Crippen LogP contribution in [0.2, 0.25) is 0 Å². The van der Waals surface area contributed by atoms with Gasteiger partial charge in [0.05, 0.1) is 5.56 Å². The Kier molecular flexibility index (Phi) is 4.96. The molecule has 1 amide bonds. The number of nitrogens with zero attached hydrogens (tertiary/aromatic N) is 1. The number of likely N-dealkylation sites (N-methyl/N-ethyl adjacent to an activating group) is 1. The van der Waals surface area contributed by atoms with Gasteiger partial charge in [0.2, 0.25) is 5.91 Å². The second kappa shape index (κ2) is 6.72. The first-order chi connectivity index (χ1) is 10.0. The highest BCUT2D eigenvalue weighted by Gasteiger charge is 2.30. The Balaban J connectivity index is 1.93. The first-order valence-corrected chi connectivity index (χ1v) is 7.27. The van der Waals surface area contributed by atoms with Gasteiger partial charge in [-0.2, -0.15) is 0 Å². The zero-order valence-corrected chi connectivity index (χ0v) is 12.5. The molecule has 5 nitrogen and oxygen atoms in total. The SMILES string of the molecule is CC(C(=O)N(C)CCc1ccccc1C(=O)O)C1CNC1. The van der Waals surface area contributed by atoms with Gasteiger partial charge in [0.15, 0.2) is 0 Å². The van der Waals surface area contributed by atoms with Crippen LogP contribution >= 0.6 is 0 Å². The summed E-state index contributed by atoms with van der Waals surface area (Å²) in [5.74, 6) is -0.347. The molecule has 1 aliphatic heterocycles. The third-order valence-corrected chi connectivity index (χ3v) is 4.25. The maximum Gasteiger partial charge on any atom is 0.335 e. The number of hydrogen-bond acceptors (Lipinski definition) is 3. The van der Waals surface area contributed by atoms with Gasteiger partial charge in [-0.05, 0) is 37.1 Å². The Bertz CT molecular complexity index is 526. The number of rotatable bonds is 6. The zero-order valence-electron chi connectivity index (χ0n) is 12.5. The summed E-state index contributed by atoms with van der Waals surface area (Å²) in [6.45, 7) is 4.31. The molecule has 1 fully saturated rings. The van der Waals surface area contributed by atoms with Crippen LogP contribution in [0.1, 0.15) is 22.8 Å². The molecule has 1 aromatic carbocycles. The van der Waals surface area contributed by atoms with Crippen LogP contribution in [-0.2, 0) is 11.2 Å². The van der Waals surface area contributed by atoms with Crippen molar-refractivity contribution < 1.29 is 14.7 Å². The lowest BCUT2D eigenvalue weighted by molar-refractivity contribution is -0.136. The predicted molar refractivity (Wildman–Crippen MR) is 80.3 cm³/mol. The van der Waals surface area contributed by atoms with Crippen molar-refractivity contribution in [2.24, 2.45) is 11.8 Å².